The second-order valence-corrected chi connectivity index (χ2v) is 5.69. The van der Waals surface area contributed by atoms with Gasteiger partial charge in [-0.15, -0.1) is 0 Å². The number of nitrogens with zero attached hydrogens (tertiary/aromatic N) is 2. The summed E-state index contributed by atoms with van der Waals surface area (Å²) in [5, 5.41) is 12.7. The summed E-state index contributed by atoms with van der Waals surface area (Å²) in [4.78, 5) is 13.1. The molecule has 0 fully saturated rings. The molecule has 0 radical (unpaired) electrons. The van der Waals surface area contributed by atoms with Gasteiger partial charge < -0.3 is 16.0 Å². The van der Waals surface area contributed by atoms with Gasteiger partial charge in [0.2, 0.25) is 5.91 Å². The van der Waals surface area contributed by atoms with Crippen molar-refractivity contribution in [3.05, 3.63) is 29.3 Å². The SMILES string of the molecule is CC(C)NCc1ccc(N(CC(N)=O)C(C)C)c(C#N)c1. The third-order valence-electron chi connectivity index (χ3n) is 3.15. The Labute approximate surface area is 126 Å². The molecule has 114 valence electrons. The first kappa shape index (κ1) is 17.0. The number of hydrogen-bond donors (Lipinski definition) is 2. The van der Waals surface area contributed by atoms with Gasteiger partial charge in [-0.1, -0.05) is 19.9 Å². The molecule has 3 N–H and O–H groups in total. The van der Waals surface area contributed by atoms with Gasteiger partial charge >= 0.3 is 0 Å². The number of carbonyl (C=O) groups is 1. The Hall–Kier alpha value is -2.06. The number of carbonyl (C=O) groups excluding carboxylic acids is 1. The predicted molar refractivity (Wildman–Crippen MR) is 84.8 cm³/mol. The summed E-state index contributed by atoms with van der Waals surface area (Å²) in [7, 11) is 0. The Morgan fingerprint density at radius 2 is 2.05 bits per heavy atom. The summed E-state index contributed by atoms with van der Waals surface area (Å²) in [6.45, 7) is 8.91. The van der Waals surface area contributed by atoms with E-state index < -0.39 is 5.91 Å². The van der Waals surface area contributed by atoms with Gasteiger partial charge in [0.15, 0.2) is 0 Å². The van der Waals surface area contributed by atoms with Gasteiger partial charge in [-0.2, -0.15) is 5.26 Å². The summed E-state index contributed by atoms with van der Waals surface area (Å²) in [6.07, 6.45) is 0. The lowest BCUT2D eigenvalue weighted by Gasteiger charge is -2.28. The van der Waals surface area contributed by atoms with Crippen LogP contribution in [0.2, 0.25) is 0 Å². The van der Waals surface area contributed by atoms with Crippen molar-refractivity contribution in [2.75, 3.05) is 11.4 Å². The number of primary amides is 1. The number of rotatable bonds is 7. The Morgan fingerprint density at radius 1 is 1.38 bits per heavy atom. The van der Waals surface area contributed by atoms with Crippen LogP contribution in [0.5, 0.6) is 0 Å². The van der Waals surface area contributed by atoms with Gasteiger partial charge in [0.25, 0.3) is 0 Å². The van der Waals surface area contributed by atoms with E-state index in [4.69, 9.17) is 5.73 Å². The Morgan fingerprint density at radius 3 is 2.52 bits per heavy atom. The van der Waals surface area contributed by atoms with E-state index in [1.807, 2.05) is 36.9 Å². The lowest BCUT2D eigenvalue weighted by molar-refractivity contribution is -0.116. The summed E-state index contributed by atoms with van der Waals surface area (Å²) in [5.74, 6) is -0.404. The number of benzene rings is 1. The van der Waals surface area contributed by atoms with Crippen molar-refractivity contribution < 1.29 is 4.79 Å². The highest BCUT2D eigenvalue weighted by Gasteiger charge is 2.17. The molecule has 0 aliphatic heterocycles. The van der Waals surface area contributed by atoms with Crippen molar-refractivity contribution in [3.63, 3.8) is 0 Å². The van der Waals surface area contributed by atoms with Crippen LogP contribution in [0, 0.1) is 11.3 Å². The minimum absolute atomic E-state index is 0.0873. The highest BCUT2D eigenvalue weighted by molar-refractivity contribution is 5.80. The maximum absolute atomic E-state index is 11.2. The zero-order valence-electron chi connectivity index (χ0n) is 13.2. The molecule has 5 heteroatoms. The van der Waals surface area contributed by atoms with Gasteiger partial charge in [-0.05, 0) is 31.5 Å². The molecule has 0 spiro atoms. The fourth-order valence-corrected chi connectivity index (χ4v) is 2.07. The Bertz CT molecular complexity index is 532. The van der Waals surface area contributed by atoms with Crippen LogP contribution in [0.4, 0.5) is 5.69 Å². The molecule has 0 unspecified atom stereocenters. The monoisotopic (exact) mass is 288 g/mol. The first-order valence-corrected chi connectivity index (χ1v) is 7.16. The Balaban J connectivity index is 3.06. The average molecular weight is 288 g/mol. The maximum atomic E-state index is 11.2. The molecule has 0 aliphatic carbocycles. The Kier molecular flexibility index (Phi) is 6.19. The maximum Gasteiger partial charge on any atom is 0.236 e. The molecule has 1 rings (SSSR count). The lowest BCUT2D eigenvalue weighted by Crippen LogP contribution is -2.39. The van der Waals surface area contributed by atoms with Crippen LogP contribution in [-0.4, -0.2) is 24.5 Å². The second kappa shape index (κ2) is 7.65. The number of hydrogen-bond acceptors (Lipinski definition) is 4. The number of nitrogens with two attached hydrogens (primary N) is 1. The van der Waals surface area contributed by atoms with E-state index in [0.717, 1.165) is 11.3 Å². The molecule has 1 aromatic carbocycles. The number of anilines is 1. The topological polar surface area (TPSA) is 82.2 Å². The third-order valence-corrected chi connectivity index (χ3v) is 3.15. The van der Waals surface area contributed by atoms with Crippen LogP contribution in [0.25, 0.3) is 0 Å². The minimum atomic E-state index is -0.404. The van der Waals surface area contributed by atoms with Crippen LogP contribution >= 0.6 is 0 Å². The molecule has 0 aromatic heterocycles. The molecular weight excluding hydrogens is 264 g/mol. The van der Waals surface area contributed by atoms with Gasteiger partial charge in [0, 0.05) is 18.6 Å². The molecule has 0 bridgehead atoms. The average Bonchev–Trinajstić information content (AvgIpc) is 2.41. The third kappa shape index (κ3) is 5.09. The van der Waals surface area contributed by atoms with Crippen molar-refractivity contribution in [3.8, 4) is 6.07 Å². The van der Waals surface area contributed by atoms with Crippen molar-refractivity contribution in [2.45, 2.75) is 46.3 Å². The molecule has 5 nitrogen and oxygen atoms in total. The van der Waals surface area contributed by atoms with E-state index in [1.54, 1.807) is 0 Å². The zero-order valence-corrected chi connectivity index (χ0v) is 13.2. The standard InChI is InChI=1S/C16H24N4O/c1-11(2)19-9-13-5-6-15(14(7-13)8-17)20(12(3)4)10-16(18)21/h5-7,11-12,19H,9-10H2,1-4H3,(H2,18,21). The van der Waals surface area contributed by atoms with Crippen LogP contribution in [-0.2, 0) is 11.3 Å². The normalized spacial score (nSPS) is 10.7. The fourth-order valence-electron chi connectivity index (χ4n) is 2.07. The highest BCUT2D eigenvalue weighted by Crippen LogP contribution is 2.23. The first-order chi connectivity index (χ1) is 9.85. The number of nitriles is 1. The predicted octanol–water partition coefficient (Wildman–Crippen LogP) is 1.76. The van der Waals surface area contributed by atoms with E-state index in [9.17, 15) is 10.1 Å². The van der Waals surface area contributed by atoms with Gasteiger partial charge in [-0.3, -0.25) is 4.79 Å². The second-order valence-electron chi connectivity index (χ2n) is 5.69. The fraction of sp³-hybridized carbons (Fsp3) is 0.500. The van der Waals surface area contributed by atoms with Crippen LogP contribution in [0.1, 0.15) is 38.8 Å². The minimum Gasteiger partial charge on any atom is -0.368 e. The van der Waals surface area contributed by atoms with Crippen LogP contribution < -0.4 is 16.0 Å². The smallest absolute Gasteiger partial charge is 0.236 e. The zero-order chi connectivity index (χ0) is 16.0. The van der Waals surface area contributed by atoms with E-state index in [-0.39, 0.29) is 12.6 Å². The molecule has 0 saturated heterocycles. The van der Waals surface area contributed by atoms with Crippen molar-refractivity contribution >= 4 is 11.6 Å². The van der Waals surface area contributed by atoms with Gasteiger partial charge in [0.1, 0.15) is 6.07 Å². The molecular formula is C16H24N4O. The van der Waals surface area contributed by atoms with Gasteiger partial charge in [0.05, 0.1) is 17.8 Å². The number of amides is 1. The van der Waals surface area contributed by atoms with Crippen LogP contribution in [0.15, 0.2) is 18.2 Å². The van der Waals surface area contributed by atoms with E-state index in [1.165, 1.54) is 0 Å². The molecule has 0 aliphatic rings. The van der Waals surface area contributed by atoms with Crippen molar-refractivity contribution in [1.29, 1.82) is 5.26 Å². The first-order valence-electron chi connectivity index (χ1n) is 7.16. The molecule has 1 aromatic rings. The largest absolute Gasteiger partial charge is 0.368 e. The lowest BCUT2D eigenvalue weighted by atomic mass is 10.1. The molecule has 0 saturated carbocycles. The highest BCUT2D eigenvalue weighted by atomic mass is 16.1. The van der Waals surface area contributed by atoms with E-state index in [0.29, 0.717) is 18.2 Å². The van der Waals surface area contributed by atoms with E-state index in [2.05, 4.69) is 25.2 Å². The molecule has 0 atom stereocenters. The molecule has 0 heterocycles. The summed E-state index contributed by atoms with van der Waals surface area (Å²) in [6, 6.07) is 8.41. The van der Waals surface area contributed by atoms with Crippen molar-refractivity contribution in [1.82, 2.24) is 5.32 Å². The quantitative estimate of drug-likeness (QED) is 0.801. The summed E-state index contributed by atoms with van der Waals surface area (Å²) in [5.41, 5.74) is 7.66. The summed E-state index contributed by atoms with van der Waals surface area (Å²) < 4.78 is 0. The van der Waals surface area contributed by atoms with Crippen molar-refractivity contribution in [2.24, 2.45) is 5.73 Å². The van der Waals surface area contributed by atoms with Gasteiger partial charge in [-0.25, -0.2) is 0 Å². The molecule has 1 amide bonds. The van der Waals surface area contributed by atoms with Crippen LogP contribution in [0.3, 0.4) is 0 Å². The summed E-state index contributed by atoms with van der Waals surface area (Å²) >= 11 is 0. The molecule has 21 heavy (non-hydrogen) atoms. The number of nitrogens with one attached hydrogen (secondary N) is 1. The van der Waals surface area contributed by atoms with E-state index >= 15 is 0 Å².